The van der Waals surface area contributed by atoms with Crippen molar-refractivity contribution in [1.82, 2.24) is 19.7 Å². The molecule has 26 heavy (non-hydrogen) atoms. The Bertz CT molecular complexity index is 1050. The van der Waals surface area contributed by atoms with Crippen LogP contribution in [0.4, 0.5) is 8.78 Å². The summed E-state index contributed by atoms with van der Waals surface area (Å²) in [4.78, 5) is 12.0. The highest BCUT2D eigenvalue weighted by molar-refractivity contribution is 6.09. The maximum absolute atomic E-state index is 13.3. The van der Waals surface area contributed by atoms with Gasteiger partial charge in [-0.25, -0.2) is 8.78 Å². The van der Waals surface area contributed by atoms with Crippen molar-refractivity contribution in [2.75, 3.05) is 7.05 Å². The van der Waals surface area contributed by atoms with Gasteiger partial charge in [-0.3, -0.25) is 9.48 Å². The third-order valence-electron chi connectivity index (χ3n) is 6.04. The largest absolute Gasteiger partial charge is 0.355 e. The minimum absolute atomic E-state index is 0.0158. The number of carbonyl (C=O) groups is 1. The van der Waals surface area contributed by atoms with Crippen LogP contribution in [0.2, 0.25) is 0 Å². The van der Waals surface area contributed by atoms with Gasteiger partial charge in [-0.15, -0.1) is 0 Å². The molecule has 0 radical (unpaired) electrons. The van der Waals surface area contributed by atoms with Crippen molar-refractivity contribution in [2.45, 2.75) is 37.6 Å². The average molecular weight is 358 g/mol. The Hall–Kier alpha value is -2.44. The molecule has 0 unspecified atom stereocenters. The molecule has 1 aromatic carbocycles. The van der Waals surface area contributed by atoms with Gasteiger partial charge in [-0.1, -0.05) is 0 Å². The molecule has 0 aliphatic heterocycles. The van der Waals surface area contributed by atoms with Crippen LogP contribution in [0.3, 0.4) is 0 Å². The summed E-state index contributed by atoms with van der Waals surface area (Å²) in [5.74, 6) is -2.61. The van der Waals surface area contributed by atoms with Crippen LogP contribution in [0.1, 0.15) is 42.1 Å². The van der Waals surface area contributed by atoms with Crippen molar-refractivity contribution < 1.29 is 13.6 Å². The van der Waals surface area contributed by atoms with E-state index in [0.29, 0.717) is 5.56 Å². The van der Waals surface area contributed by atoms with Crippen molar-refractivity contribution in [3.8, 4) is 0 Å². The van der Waals surface area contributed by atoms with E-state index in [-0.39, 0.29) is 30.2 Å². The summed E-state index contributed by atoms with van der Waals surface area (Å²) in [6.07, 6.45) is 3.53. The van der Waals surface area contributed by atoms with Gasteiger partial charge in [0.1, 0.15) is 0 Å². The van der Waals surface area contributed by atoms with Gasteiger partial charge in [0.05, 0.1) is 5.52 Å². The van der Waals surface area contributed by atoms with Crippen LogP contribution >= 0.6 is 0 Å². The fraction of sp³-hybridized carbons (Fsp3) is 0.474. The quantitative estimate of drug-likeness (QED) is 0.760. The molecular formula is C19H20F2N4O. The Morgan fingerprint density at radius 2 is 2.00 bits per heavy atom. The van der Waals surface area contributed by atoms with Crippen LogP contribution in [-0.2, 0) is 7.05 Å². The molecule has 2 fully saturated rings. The fourth-order valence-electron chi connectivity index (χ4n) is 5.03. The molecule has 2 aliphatic carbocycles. The number of hydrogen-bond donors (Lipinski definition) is 1. The first kappa shape index (κ1) is 15.8. The number of hydrogen-bond acceptors (Lipinski definition) is 2. The predicted octanol–water partition coefficient (Wildman–Crippen LogP) is 3.64. The molecular weight excluding hydrogens is 338 g/mol. The monoisotopic (exact) mass is 358 g/mol. The number of carbonyl (C=O) groups excluding carboxylic acids is 1. The second kappa shape index (κ2) is 4.84. The van der Waals surface area contributed by atoms with E-state index in [1.165, 1.54) is 0 Å². The van der Waals surface area contributed by atoms with Gasteiger partial charge in [0, 0.05) is 55.5 Å². The van der Waals surface area contributed by atoms with E-state index >= 15 is 0 Å². The van der Waals surface area contributed by atoms with Crippen molar-refractivity contribution in [3.05, 3.63) is 30.0 Å². The summed E-state index contributed by atoms with van der Waals surface area (Å²) >= 11 is 0. The first-order valence-electron chi connectivity index (χ1n) is 8.88. The van der Waals surface area contributed by atoms with Gasteiger partial charge < -0.3 is 9.88 Å². The summed E-state index contributed by atoms with van der Waals surface area (Å²) in [5.41, 5.74) is 2.30. The van der Waals surface area contributed by atoms with Gasteiger partial charge in [0.15, 0.2) is 5.65 Å². The number of nitrogens with zero attached hydrogens (tertiary/aromatic N) is 3. The Kier molecular flexibility index (Phi) is 2.94. The molecule has 0 atom stereocenters. The minimum Gasteiger partial charge on any atom is -0.355 e. The van der Waals surface area contributed by atoms with Crippen molar-refractivity contribution in [3.63, 3.8) is 0 Å². The van der Waals surface area contributed by atoms with E-state index in [1.54, 1.807) is 11.7 Å². The molecule has 1 spiro atoms. The highest BCUT2D eigenvalue weighted by Crippen LogP contribution is 2.66. The first-order chi connectivity index (χ1) is 12.3. The molecule has 1 amide bonds. The number of amides is 1. The molecule has 2 heterocycles. The molecule has 7 heteroatoms. The zero-order chi connectivity index (χ0) is 18.3. The summed E-state index contributed by atoms with van der Waals surface area (Å²) in [5, 5.41) is 9.22. The molecule has 1 N–H and O–H groups in total. The molecule has 2 saturated carbocycles. The zero-order valence-corrected chi connectivity index (χ0v) is 14.7. The molecule has 0 saturated heterocycles. The number of fused-ring (bicyclic) bond motifs is 3. The van der Waals surface area contributed by atoms with Crippen molar-refractivity contribution in [1.29, 1.82) is 0 Å². The van der Waals surface area contributed by atoms with Gasteiger partial charge >= 0.3 is 0 Å². The fourth-order valence-corrected chi connectivity index (χ4v) is 5.03. The topological polar surface area (TPSA) is 51.9 Å². The normalized spacial score (nSPS) is 21.1. The smallest absolute Gasteiger partial charge is 0.251 e. The zero-order valence-electron chi connectivity index (χ0n) is 14.7. The van der Waals surface area contributed by atoms with Crippen LogP contribution in [0.25, 0.3) is 21.9 Å². The third-order valence-corrected chi connectivity index (χ3v) is 6.04. The number of halogens is 2. The third kappa shape index (κ3) is 2.06. The van der Waals surface area contributed by atoms with Crippen LogP contribution in [0, 0.1) is 5.41 Å². The molecule has 2 aromatic heterocycles. The summed E-state index contributed by atoms with van der Waals surface area (Å²) in [6.45, 7) is 0. The summed E-state index contributed by atoms with van der Waals surface area (Å²) < 4.78 is 30.6. The van der Waals surface area contributed by atoms with E-state index in [4.69, 9.17) is 0 Å². The lowest BCUT2D eigenvalue weighted by Crippen LogP contribution is -2.53. The number of aryl methyl sites for hydroxylation is 1. The number of alkyl halides is 2. The van der Waals surface area contributed by atoms with Crippen LogP contribution in [0.15, 0.2) is 24.4 Å². The highest BCUT2D eigenvalue weighted by atomic mass is 19.3. The maximum atomic E-state index is 13.3. The predicted molar refractivity (Wildman–Crippen MR) is 94.5 cm³/mol. The second-order valence-corrected chi connectivity index (χ2v) is 7.99. The van der Waals surface area contributed by atoms with Crippen LogP contribution in [-0.4, -0.2) is 33.2 Å². The number of aromatic nitrogens is 3. The van der Waals surface area contributed by atoms with E-state index in [2.05, 4.69) is 15.0 Å². The summed E-state index contributed by atoms with van der Waals surface area (Å²) in [6, 6.07) is 5.83. The molecule has 5 rings (SSSR count). The van der Waals surface area contributed by atoms with Gasteiger partial charge in [0.25, 0.3) is 5.91 Å². The molecule has 5 nitrogen and oxygen atoms in total. The molecule has 136 valence electrons. The summed E-state index contributed by atoms with van der Waals surface area (Å²) in [7, 11) is 3.48. The Morgan fingerprint density at radius 1 is 1.27 bits per heavy atom. The van der Waals surface area contributed by atoms with E-state index in [1.807, 2.05) is 31.4 Å². The van der Waals surface area contributed by atoms with Crippen LogP contribution in [0.5, 0.6) is 0 Å². The lowest BCUT2D eigenvalue weighted by molar-refractivity contribution is -0.202. The van der Waals surface area contributed by atoms with Gasteiger partial charge in [0.2, 0.25) is 5.92 Å². The SMILES string of the molecule is CNC(=O)c1ccc2c(c1)c1cn(C)nc1n2C1CC2(C1)CC(F)(F)C2. The van der Waals surface area contributed by atoms with Gasteiger partial charge in [-0.2, -0.15) is 5.10 Å². The van der Waals surface area contributed by atoms with Crippen molar-refractivity contribution >= 4 is 27.8 Å². The number of benzene rings is 1. The minimum atomic E-state index is -2.48. The maximum Gasteiger partial charge on any atom is 0.251 e. The van der Waals surface area contributed by atoms with Gasteiger partial charge in [-0.05, 0) is 36.5 Å². The highest BCUT2D eigenvalue weighted by Gasteiger charge is 2.62. The average Bonchev–Trinajstić information content (AvgIpc) is 3.04. The molecule has 2 aliphatic rings. The molecule has 3 aromatic rings. The number of rotatable bonds is 2. The Balaban J connectivity index is 1.59. The Morgan fingerprint density at radius 3 is 2.65 bits per heavy atom. The second-order valence-electron chi connectivity index (χ2n) is 7.99. The lowest BCUT2D eigenvalue weighted by Gasteiger charge is -2.57. The van der Waals surface area contributed by atoms with E-state index < -0.39 is 5.92 Å². The Labute approximate surface area is 149 Å². The number of nitrogens with one attached hydrogen (secondary N) is 1. The lowest BCUT2D eigenvalue weighted by atomic mass is 9.52. The van der Waals surface area contributed by atoms with E-state index in [9.17, 15) is 13.6 Å². The standard InChI is InChI=1S/C19H20F2N4O/c1-22-17(26)11-3-4-15-13(5-11)14-8-24(2)23-16(14)25(15)12-6-18(7-12)9-19(20,21)10-18/h3-5,8,12H,6-7,9-10H2,1-2H3,(H,22,26). The molecule has 0 bridgehead atoms. The van der Waals surface area contributed by atoms with Crippen LogP contribution < -0.4 is 5.32 Å². The van der Waals surface area contributed by atoms with E-state index in [0.717, 1.165) is 34.8 Å². The first-order valence-corrected chi connectivity index (χ1v) is 8.88. The van der Waals surface area contributed by atoms with Crippen molar-refractivity contribution in [2.24, 2.45) is 12.5 Å².